The van der Waals surface area contributed by atoms with Gasteiger partial charge in [-0.1, -0.05) is 48.0 Å². The van der Waals surface area contributed by atoms with Crippen molar-refractivity contribution in [2.45, 2.75) is 54.0 Å². The molecular formula is C12H27NO4. The number of aliphatic carboxylic acids is 1. The molecule has 0 aromatic rings. The van der Waals surface area contributed by atoms with E-state index in [0.29, 0.717) is 6.42 Å². The summed E-state index contributed by atoms with van der Waals surface area (Å²) in [5, 5.41) is 11.0. The van der Waals surface area contributed by atoms with Crippen LogP contribution in [0.15, 0.2) is 0 Å². The van der Waals surface area contributed by atoms with Crippen LogP contribution in [0.5, 0.6) is 0 Å². The molecule has 0 aliphatic carbocycles. The number of carboxylic acid groups (broad SMARTS) is 1. The predicted molar refractivity (Wildman–Crippen MR) is 69.1 cm³/mol. The molecule has 0 spiro atoms. The van der Waals surface area contributed by atoms with E-state index in [1.165, 1.54) is 7.11 Å². The third-order valence-electron chi connectivity index (χ3n) is 1.94. The molecule has 0 bridgehead atoms. The largest absolute Gasteiger partial charge is 0.480 e. The second kappa shape index (κ2) is 14.7. The smallest absolute Gasteiger partial charge is 0.407 e. The van der Waals surface area contributed by atoms with Gasteiger partial charge in [0.15, 0.2) is 0 Å². The van der Waals surface area contributed by atoms with Gasteiger partial charge in [-0.3, -0.25) is 0 Å². The van der Waals surface area contributed by atoms with E-state index in [2.05, 4.69) is 10.1 Å². The maximum absolute atomic E-state index is 10.8. The number of carbonyl (C=O) groups is 2. The second-order valence-corrected chi connectivity index (χ2v) is 2.84. The van der Waals surface area contributed by atoms with Crippen molar-refractivity contribution in [3.05, 3.63) is 0 Å². The zero-order chi connectivity index (χ0) is 14.4. The average Bonchev–Trinajstić information content (AvgIpc) is 2.39. The molecule has 0 aromatic carbocycles. The monoisotopic (exact) mass is 249 g/mol. The van der Waals surface area contributed by atoms with Crippen LogP contribution >= 0.6 is 0 Å². The van der Waals surface area contributed by atoms with Gasteiger partial charge in [-0.15, -0.1) is 0 Å². The highest BCUT2D eigenvalue weighted by Gasteiger charge is 2.25. The third kappa shape index (κ3) is 11.0. The van der Waals surface area contributed by atoms with Crippen molar-refractivity contribution in [1.82, 2.24) is 5.32 Å². The summed E-state index contributed by atoms with van der Waals surface area (Å²) in [6.45, 7) is 11.6. The Morgan fingerprint density at radius 1 is 1.24 bits per heavy atom. The molecule has 0 saturated heterocycles. The minimum Gasteiger partial charge on any atom is -0.480 e. The van der Waals surface area contributed by atoms with E-state index in [-0.39, 0.29) is 5.92 Å². The van der Waals surface area contributed by atoms with E-state index in [1.54, 1.807) is 6.92 Å². The maximum atomic E-state index is 10.8. The van der Waals surface area contributed by atoms with Crippen LogP contribution in [0.1, 0.15) is 48.0 Å². The number of carbonyl (C=O) groups excluding carboxylic acids is 1. The van der Waals surface area contributed by atoms with Gasteiger partial charge in [-0.2, -0.15) is 0 Å². The zero-order valence-corrected chi connectivity index (χ0v) is 12.0. The van der Waals surface area contributed by atoms with Crippen molar-refractivity contribution in [2.24, 2.45) is 5.92 Å². The van der Waals surface area contributed by atoms with Crippen molar-refractivity contribution in [2.75, 3.05) is 7.11 Å². The molecule has 5 heteroatoms. The van der Waals surface area contributed by atoms with Crippen molar-refractivity contribution >= 4 is 12.1 Å². The highest BCUT2D eigenvalue weighted by atomic mass is 16.5. The molecule has 2 atom stereocenters. The lowest BCUT2D eigenvalue weighted by molar-refractivity contribution is -0.140. The first kappa shape index (κ1) is 21.1. The number of hydrogen-bond donors (Lipinski definition) is 2. The molecule has 0 aliphatic rings. The van der Waals surface area contributed by atoms with E-state index < -0.39 is 18.1 Å². The molecule has 2 unspecified atom stereocenters. The van der Waals surface area contributed by atoms with Crippen LogP contribution < -0.4 is 5.32 Å². The number of alkyl carbamates (subject to hydrolysis) is 1. The summed E-state index contributed by atoms with van der Waals surface area (Å²) in [5.41, 5.74) is 0. The van der Waals surface area contributed by atoms with Crippen LogP contribution in [0, 0.1) is 5.92 Å². The molecule has 0 radical (unpaired) electrons. The normalized spacial score (nSPS) is 11.7. The van der Waals surface area contributed by atoms with Crippen LogP contribution in [0.4, 0.5) is 4.79 Å². The first-order valence-electron chi connectivity index (χ1n) is 6.10. The van der Waals surface area contributed by atoms with Crippen LogP contribution in [-0.4, -0.2) is 30.3 Å². The van der Waals surface area contributed by atoms with Gasteiger partial charge in [0.2, 0.25) is 0 Å². The van der Waals surface area contributed by atoms with Gasteiger partial charge in [0.05, 0.1) is 7.11 Å². The van der Waals surface area contributed by atoms with Crippen molar-refractivity contribution in [1.29, 1.82) is 0 Å². The van der Waals surface area contributed by atoms with E-state index in [1.807, 2.05) is 34.6 Å². The van der Waals surface area contributed by atoms with E-state index in [0.717, 1.165) is 0 Å². The molecule has 0 aliphatic heterocycles. The lowest BCUT2D eigenvalue weighted by atomic mass is 10.00. The van der Waals surface area contributed by atoms with Gasteiger partial charge in [0.25, 0.3) is 0 Å². The fraction of sp³-hybridized carbons (Fsp3) is 0.833. The van der Waals surface area contributed by atoms with Crippen LogP contribution in [0.2, 0.25) is 0 Å². The van der Waals surface area contributed by atoms with Gasteiger partial charge in [-0.25, -0.2) is 9.59 Å². The number of methoxy groups -OCH3 is 1. The van der Waals surface area contributed by atoms with Crippen LogP contribution in [0.25, 0.3) is 0 Å². The Kier molecular flexibility index (Phi) is 18.3. The lowest BCUT2D eigenvalue weighted by Gasteiger charge is -2.18. The molecule has 5 nitrogen and oxygen atoms in total. The van der Waals surface area contributed by atoms with Gasteiger partial charge in [-0.05, 0) is 5.92 Å². The Hall–Kier alpha value is -1.26. The Morgan fingerprint density at radius 3 is 1.88 bits per heavy atom. The second-order valence-electron chi connectivity index (χ2n) is 2.84. The molecule has 0 heterocycles. The molecule has 0 aromatic heterocycles. The summed E-state index contributed by atoms with van der Waals surface area (Å²) >= 11 is 0. The Bertz CT molecular complexity index is 195. The van der Waals surface area contributed by atoms with Crippen molar-refractivity contribution in [3.63, 3.8) is 0 Å². The quantitative estimate of drug-likeness (QED) is 0.803. The first-order chi connectivity index (χ1) is 8.02. The minimum atomic E-state index is -1.04. The summed E-state index contributed by atoms with van der Waals surface area (Å²) in [4.78, 5) is 21.4. The van der Waals surface area contributed by atoms with Gasteiger partial charge in [0.1, 0.15) is 6.04 Å². The number of hydrogen-bond acceptors (Lipinski definition) is 3. The first-order valence-corrected chi connectivity index (χ1v) is 6.10. The molecule has 0 fully saturated rings. The molecule has 0 rings (SSSR count). The van der Waals surface area contributed by atoms with Gasteiger partial charge in [0, 0.05) is 0 Å². The molecule has 0 saturated carbocycles. The maximum Gasteiger partial charge on any atom is 0.407 e. The van der Waals surface area contributed by atoms with E-state index >= 15 is 0 Å². The van der Waals surface area contributed by atoms with E-state index in [4.69, 9.17) is 5.11 Å². The number of nitrogens with one attached hydrogen (secondary N) is 1. The van der Waals surface area contributed by atoms with E-state index in [9.17, 15) is 9.59 Å². The standard InChI is InChI=1S/C8H15NO4.2C2H6/c1-4-5(2)6(7(10)11)9-8(12)13-3;2*1-2/h5-6H,4H2,1-3H3,(H,9,12)(H,10,11);2*1-2H3. The van der Waals surface area contributed by atoms with Gasteiger partial charge < -0.3 is 15.2 Å². The molecule has 1 amide bonds. The number of rotatable bonds is 4. The topological polar surface area (TPSA) is 75.6 Å². The summed E-state index contributed by atoms with van der Waals surface area (Å²) in [5.74, 6) is -1.16. The number of amides is 1. The van der Waals surface area contributed by atoms with Crippen LogP contribution in [-0.2, 0) is 9.53 Å². The summed E-state index contributed by atoms with van der Waals surface area (Å²) in [6, 6.07) is -0.877. The van der Waals surface area contributed by atoms with Crippen LogP contribution in [0.3, 0.4) is 0 Å². The van der Waals surface area contributed by atoms with Gasteiger partial charge >= 0.3 is 12.1 Å². The lowest BCUT2D eigenvalue weighted by Crippen LogP contribution is -2.44. The average molecular weight is 249 g/mol. The minimum absolute atomic E-state index is 0.114. The van der Waals surface area contributed by atoms with Crippen molar-refractivity contribution in [3.8, 4) is 0 Å². The molecule has 17 heavy (non-hydrogen) atoms. The summed E-state index contributed by atoms with van der Waals surface area (Å²) in [6.07, 6.45) is -0.0336. The molecular weight excluding hydrogens is 222 g/mol. The zero-order valence-electron chi connectivity index (χ0n) is 12.0. The molecule has 104 valence electrons. The fourth-order valence-corrected chi connectivity index (χ4v) is 0.869. The SMILES string of the molecule is CC.CC.CCC(C)C(NC(=O)OC)C(=O)O. The summed E-state index contributed by atoms with van der Waals surface area (Å²) < 4.78 is 4.31. The Labute approximate surface area is 105 Å². The fourth-order valence-electron chi connectivity index (χ4n) is 0.869. The molecule has 2 N–H and O–H groups in total. The Morgan fingerprint density at radius 2 is 1.65 bits per heavy atom. The highest BCUT2D eigenvalue weighted by Crippen LogP contribution is 2.07. The Balaban J connectivity index is -0.000000439. The predicted octanol–water partition coefficient (Wildman–Crippen LogP) is 2.89. The summed E-state index contributed by atoms with van der Waals surface area (Å²) in [7, 11) is 1.20. The third-order valence-corrected chi connectivity index (χ3v) is 1.94. The number of carboxylic acids is 1. The highest BCUT2D eigenvalue weighted by molar-refractivity contribution is 5.80. The van der Waals surface area contributed by atoms with Crippen molar-refractivity contribution < 1.29 is 19.4 Å². The number of ether oxygens (including phenoxy) is 1.